The predicted octanol–water partition coefficient (Wildman–Crippen LogP) is 4.65. The fourth-order valence-electron chi connectivity index (χ4n) is 3.89. The van der Waals surface area contributed by atoms with Crippen molar-refractivity contribution < 1.29 is 24.5 Å². The van der Waals surface area contributed by atoms with Crippen molar-refractivity contribution in [2.24, 2.45) is 17.8 Å². The summed E-state index contributed by atoms with van der Waals surface area (Å²) in [6.07, 6.45) is 6.20. The largest absolute Gasteiger partial charge is 0.457 e. The first kappa shape index (κ1) is 27.2. The van der Waals surface area contributed by atoms with Crippen molar-refractivity contribution in [2.75, 3.05) is 0 Å². The van der Waals surface area contributed by atoms with E-state index < -0.39 is 36.1 Å². The highest BCUT2D eigenvalue weighted by Gasteiger charge is 2.33. The number of cyclic esters (lactones) is 1. The molecule has 0 aromatic carbocycles. The molecule has 0 aliphatic carbocycles. The smallest absolute Gasteiger partial charge is 0.309 e. The summed E-state index contributed by atoms with van der Waals surface area (Å²) in [5.41, 5.74) is 2.69. The van der Waals surface area contributed by atoms with Crippen LogP contribution in [-0.2, 0) is 14.3 Å². The van der Waals surface area contributed by atoms with Gasteiger partial charge in [0.25, 0.3) is 0 Å². The first-order chi connectivity index (χ1) is 15.5. The minimum Gasteiger partial charge on any atom is -0.457 e. The lowest BCUT2D eigenvalue weighted by Gasteiger charge is -2.27. The number of esters is 1. The number of aromatic nitrogens is 1. The van der Waals surface area contributed by atoms with Gasteiger partial charge in [0.1, 0.15) is 11.9 Å². The Kier molecular flexibility index (Phi) is 10.2. The Morgan fingerprint density at radius 2 is 1.85 bits per heavy atom. The number of hydrogen-bond donors (Lipinski definition) is 2. The molecule has 1 aromatic heterocycles. The van der Waals surface area contributed by atoms with Crippen molar-refractivity contribution in [2.45, 2.75) is 79.1 Å². The molecule has 1 aliphatic rings. The second kappa shape index (κ2) is 12.4. The molecule has 0 fully saturated rings. The van der Waals surface area contributed by atoms with E-state index in [4.69, 9.17) is 4.74 Å². The molecule has 0 amide bonds. The lowest BCUT2D eigenvalue weighted by molar-refractivity contribution is -0.151. The van der Waals surface area contributed by atoms with Crippen LogP contribution < -0.4 is 0 Å². The number of aliphatic hydroxyl groups is 2. The second-order valence-electron chi connectivity index (χ2n) is 9.20. The van der Waals surface area contributed by atoms with Gasteiger partial charge in [0, 0.05) is 23.6 Å². The molecule has 0 unspecified atom stereocenters. The van der Waals surface area contributed by atoms with Gasteiger partial charge >= 0.3 is 5.97 Å². The zero-order chi connectivity index (χ0) is 24.7. The maximum absolute atomic E-state index is 12.8. The second-order valence-corrected chi connectivity index (χ2v) is 10.3. The number of thiazole rings is 1. The zero-order valence-electron chi connectivity index (χ0n) is 20.4. The van der Waals surface area contributed by atoms with Crippen molar-refractivity contribution in [3.63, 3.8) is 0 Å². The molecule has 1 aromatic rings. The van der Waals surface area contributed by atoms with Crippen LogP contribution in [0.25, 0.3) is 6.08 Å². The number of hydrogen-bond acceptors (Lipinski definition) is 7. The third-order valence-corrected chi connectivity index (χ3v) is 7.07. The summed E-state index contributed by atoms with van der Waals surface area (Å²) >= 11 is 1.55. The molecule has 0 bridgehead atoms. The van der Waals surface area contributed by atoms with Crippen LogP contribution in [0.2, 0.25) is 0 Å². The fraction of sp³-hybridized carbons (Fsp3) is 0.577. The monoisotopic (exact) mass is 475 g/mol. The summed E-state index contributed by atoms with van der Waals surface area (Å²) < 4.78 is 5.74. The highest BCUT2D eigenvalue weighted by Crippen LogP contribution is 2.24. The minimum atomic E-state index is -1.17. The number of allylic oxidation sites excluding steroid dienone is 3. The number of ether oxygens (including phenoxy) is 1. The van der Waals surface area contributed by atoms with Gasteiger partial charge in [-0.15, -0.1) is 11.3 Å². The van der Waals surface area contributed by atoms with E-state index in [1.54, 1.807) is 25.2 Å². The maximum Gasteiger partial charge on any atom is 0.309 e. The third kappa shape index (κ3) is 8.02. The van der Waals surface area contributed by atoms with Gasteiger partial charge in [0.2, 0.25) is 0 Å². The van der Waals surface area contributed by atoms with E-state index in [0.29, 0.717) is 12.8 Å². The Morgan fingerprint density at radius 3 is 2.48 bits per heavy atom. The molecule has 6 nitrogen and oxygen atoms in total. The van der Waals surface area contributed by atoms with Crippen LogP contribution in [-0.4, -0.2) is 45.3 Å². The van der Waals surface area contributed by atoms with Crippen LogP contribution in [0.5, 0.6) is 0 Å². The number of carbonyl (C=O) groups is 2. The van der Waals surface area contributed by atoms with Gasteiger partial charge in [-0.3, -0.25) is 9.59 Å². The van der Waals surface area contributed by atoms with Crippen molar-refractivity contribution in [3.05, 3.63) is 45.5 Å². The first-order valence-corrected chi connectivity index (χ1v) is 12.4. The molecule has 7 heteroatoms. The molecule has 0 saturated carbocycles. The first-order valence-electron chi connectivity index (χ1n) is 11.5. The zero-order valence-corrected chi connectivity index (χ0v) is 21.3. The quantitative estimate of drug-likeness (QED) is 0.604. The SMILES string of the molecule is CC1=C/C[C@@H](/C(C)=C/c2csc(C)n2)OC(=O)C[C@H](O)[C@@H](C)C(=O)[C@H](C)[C@@H](O)[C@@H](C)C\C=C\1. The van der Waals surface area contributed by atoms with Crippen molar-refractivity contribution in [3.8, 4) is 0 Å². The molecular formula is C26H37NO5S. The molecule has 0 spiro atoms. The van der Waals surface area contributed by atoms with Gasteiger partial charge in [-0.25, -0.2) is 4.98 Å². The number of nitrogens with zero attached hydrogens (tertiary/aromatic N) is 1. The van der Waals surface area contributed by atoms with E-state index in [1.165, 1.54) is 0 Å². The third-order valence-electron chi connectivity index (χ3n) is 6.28. The molecule has 0 saturated heterocycles. The van der Waals surface area contributed by atoms with Gasteiger partial charge in [-0.05, 0) is 44.8 Å². The van der Waals surface area contributed by atoms with Crippen LogP contribution in [0, 0.1) is 24.7 Å². The van der Waals surface area contributed by atoms with Gasteiger partial charge in [-0.1, -0.05) is 44.6 Å². The van der Waals surface area contributed by atoms with Crippen LogP contribution in [0.3, 0.4) is 0 Å². The number of rotatable bonds is 2. The highest BCUT2D eigenvalue weighted by atomic mass is 32.1. The summed E-state index contributed by atoms with van der Waals surface area (Å²) in [5, 5.41) is 24.1. The average molecular weight is 476 g/mol. The fourth-order valence-corrected chi connectivity index (χ4v) is 4.46. The van der Waals surface area contributed by atoms with Crippen molar-refractivity contribution in [1.29, 1.82) is 0 Å². The number of carbonyl (C=O) groups excluding carboxylic acids is 2. The number of Topliss-reactive ketones (excluding diaryl/α,β-unsaturated/α-hetero) is 1. The van der Waals surface area contributed by atoms with E-state index in [9.17, 15) is 19.8 Å². The van der Waals surface area contributed by atoms with Gasteiger partial charge in [0.15, 0.2) is 0 Å². The van der Waals surface area contributed by atoms with Crippen LogP contribution in [0.15, 0.2) is 34.8 Å². The topological polar surface area (TPSA) is 96.7 Å². The lowest BCUT2D eigenvalue weighted by Crippen LogP contribution is -2.38. The summed E-state index contributed by atoms with van der Waals surface area (Å²) in [7, 11) is 0. The highest BCUT2D eigenvalue weighted by molar-refractivity contribution is 7.09. The Balaban J connectivity index is 2.32. The molecule has 0 radical (unpaired) electrons. The Morgan fingerprint density at radius 1 is 1.15 bits per heavy atom. The van der Waals surface area contributed by atoms with Gasteiger partial charge < -0.3 is 14.9 Å². The van der Waals surface area contributed by atoms with Gasteiger partial charge in [-0.2, -0.15) is 0 Å². The molecule has 2 heterocycles. The van der Waals surface area contributed by atoms with Crippen LogP contribution >= 0.6 is 11.3 Å². The number of aliphatic hydroxyl groups excluding tert-OH is 2. The molecule has 33 heavy (non-hydrogen) atoms. The Hall–Kier alpha value is -2.09. The standard InChI is InChI=1S/C26H37NO5S/c1-15-8-7-9-16(2)25(30)19(5)26(31)18(4)22(28)13-24(29)32-23(11-10-15)17(3)12-21-14-33-20(6)27-21/h7-8,10,12,14,16,18-19,22-23,25,28,30H,9,11,13H2,1-6H3/b8-7+,15-10-,17-12+/t16-,18+,19+,22-,23-,25-/m0/s1. The molecule has 6 atom stereocenters. The average Bonchev–Trinajstić information content (AvgIpc) is 3.17. The summed E-state index contributed by atoms with van der Waals surface area (Å²) in [4.78, 5) is 29.9. The van der Waals surface area contributed by atoms with E-state index in [0.717, 1.165) is 21.8 Å². The van der Waals surface area contributed by atoms with Crippen molar-refractivity contribution in [1.82, 2.24) is 4.98 Å². The lowest BCUT2D eigenvalue weighted by atomic mass is 9.82. The normalized spacial score (nSPS) is 33.8. The number of ketones is 1. The predicted molar refractivity (Wildman–Crippen MR) is 132 cm³/mol. The molecule has 2 N–H and O–H groups in total. The van der Waals surface area contributed by atoms with Gasteiger partial charge in [0.05, 0.1) is 29.3 Å². The number of aryl methyl sites for hydroxylation is 1. The Labute approximate surface area is 201 Å². The van der Waals surface area contributed by atoms with E-state index >= 15 is 0 Å². The van der Waals surface area contributed by atoms with E-state index in [-0.39, 0.29) is 18.1 Å². The van der Waals surface area contributed by atoms with Crippen LogP contribution in [0.1, 0.15) is 64.6 Å². The molecular weight excluding hydrogens is 438 g/mol. The molecule has 1 aliphatic heterocycles. The molecule has 182 valence electrons. The van der Waals surface area contributed by atoms with E-state index in [2.05, 4.69) is 4.98 Å². The van der Waals surface area contributed by atoms with Crippen LogP contribution in [0.4, 0.5) is 0 Å². The van der Waals surface area contributed by atoms with Crippen molar-refractivity contribution >= 4 is 29.2 Å². The Bertz CT molecular complexity index is 916. The maximum atomic E-state index is 12.8. The minimum absolute atomic E-state index is 0.116. The van der Waals surface area contributed by atoms with E-state index in [1.807, 2.05) is 57.4 Å². The summed E-state index contributed by atoms with van der Waals surface area (Å²) in [6, 6.07) is 0. The summed E-state index contributed by atoms with van der Waals surface area (Å²) in [5.74, 6) is -2.36. The molecule has 2 rings (SSSR count). The summed E-state index contributed by atoms with van der Waals surface area (Å²) in [6.45, 7) is 11.0.